The van der Waals surface area contributed by atoms with Crippen LogP contribution in [0, 0.1) is 0 Å². The number of nitrogens with zero attached hydrogens (tertiary/aromatic N) is 5. The van der Waals surface area contributed by atoms with Crippen molar-refractivity contribution in [2.24, 2.45) is 7.05 Å². The molecule has 11 heteroatoms. The molecule has 4 heterocycles. The second kappa shape index (κ2) is 8.21. The number of likely N-dealkylation sites (tertiary alicyclic amines) is 1. The van der Waals surface area contributed by atoms with E-state index in [4.69, 9.17) is 4.74 Å². The number of aryl methyl sites for hydroxylation is 1. The minimum atomic E-state index is -3.76. The fraction of sp³-hybridized carbons (Fsp3) is 0.450. The van der Waals surface area contributed by atoms with E-state index in [0.717, 1.165) is 42.9 Å². The van der Waals surface area contributed by atoms with Crippen molar-refractivity contribution in [2.75, 3.05) is 17.9 Å². The Bertz CT molecular complexity index is 1160. The Labute approximate surface area is 185 Å². The summed E-state index contributed by atoms with van der Waals surface area (Å²) < 4.78 is 39.7. The maximum absolute atomic E-state index is 12.8. The second-order valence-electron chi connectivity index (χ2n) is 7.83. The Morgan fingerprint density at radius 2 is 2.10 bits per heavy atom. The van der Waals surface area contributed by atoms with Gasteiger partial charge in [0.15, 0.2) is 0 Å². The van der Waals surface area contributed by atoms with Gasteiger partial charge in [0, 0.05) is 48.9 Å². The van der Waals surface area contributed by atoms with Crippen LogP contribution in [0.5, 0.6) is 5.75 Å². The van der Waals surface area contributed by atoms with E-state index in [1.807, 2.05) is 24.0 Å². The van der Waals surface area contributed by atoms with Gasteiger partial charge >= 0.3 is 0 Å². The molecule has 0 spiro atoms. The lowest BCUT2D eigenvalue weighted by molar-refractivity contribution is 0.0629. The van der Waals surface area contributed by atoms with Crippen LogP contribution in [0.25, 0.3) is 0 Å². The number of ether oxygens (including phenoxy) is 1. The third kappa shape index (κ3) is 3.92. The van der Waals surface area contributed by atoms with E-state index in [0.29, 0.717) is 18.4 Å². The third-order valence-electron chi connectivity index (χ3n) is 6.03. The number of nitrogens with one attached hydrogen (secondary N) is 1. The number of sulfonamides is 1. The zero-order chi connectivity index (χ0) is 21.4. The van der Waals surface area contributed by atoms with Crippen molar-refractivity contribution in [1.82, 2.24) is 24.0 Å². The van der Waals surface area contributed by atoms with Crippen molar-refractivity contribution in [3.63, 3.8) is 0 Å². The van der Waals surface area contributed by atoms with Gasteiger partial charge in [0.2, 0.25) is 5.13 Å². The third-order valence-corrected chi connectivity index (χ3v) is 8.08. The summed E-state index contributed by atoms with van der Waals surface area (Å²) in [5, 5.41) is 4.61. The molecule has 164 valence electrons. The highest BCUT2D eigenvalue weighted by atomic mass is 32.2. The van der Waals surface area contributed by atoms with E-state index in [1.165, 1.54) is 18.4 Å². The van der Waals surface area contributed by atoms with Gasteiger partial charge in [-0.15, -0.1) is 0 Å². The van der Waals surface area contributed by atoms with E-state index in [-0.39, 0.29) is 16.1 Å². The van der Waals surface area contributed by atoms with E-state index >= 15 is 0 Å². The van der Waals surface area contributed by atoms with Crippen molar-refractivity contribution < 1.29 is 13.2 Å². The summed E-state index contributed by atoms with van der Waals surface area (Å²) in [7, 11) is -1.77. The van der Waals surface area contributed by atoms with Crippen molar-refractivity contribution in [1.29, 1.82) is 0 Å². The van der Waals surface area contributed by atoms with Gasteiger partial charge in [0.05, 0.1) is 23.2 Å². The molecule has 0 bridgehead atoms. The number of aromatic nitrogens is 4. The lowest BCUT2D eigenvalue weighted by atomic mass is 9.91. The summed E-state index contributed by atoms with van der Waals surface area (Å²) in [4.78, 5) is 6.59. The molecule has 31 heavy (non-hydrogen) atoms. The Hall–Kier alpha value is -2.50. The minimum Gasteiger partial charge on any atom is -0.493 e. The van der Waals surface area contributed by atoms with Gasteiger partial charge in [-0.1, -0.05) is 12.5 Å². The zero-order valence-electron chi connectivity index (χ0n) is 17.1. The molecule has 1 aromatic carbocycles. The zero-order valence-corrected chi connectivity index (χ0v) is 18.8. The fourth-order valence-corrected chi connectivity index (χ4v) is 6.29. The van der Waals surface area contributed by atoms with Gasteiger partial charge in [-0.25, -0.2) is 13.4 Å². The summed E-state index contributed by atoms with van der Waals surface area (Å²) in [6, 6.07) is 7.72. The monoisotopic (exact) mass is 460 g/mol. The van der Waals surface area contributed by atoms with Gasteiger partial charge in [0.25, 0.3) is 10.0 Å². The van der Waals surface area contributed by atoms with Crippen molar-refractivity contribution >= 4 is 26.7 Å². The smallest absolute Gasteiger partial charge is 0.263 e. The van der Waals surface area contributed by atoms with Crippen LogP contribution in [0.4, 0.5) is 5.13 Å². The Balaban J connectivity index is 1.45. The fourth-order valence-electron chi connectivity index (χ4n) is 4.61. The first-order valence-corrected chi connectivity index (χ1v) is 12.6. The van der Waals surface area contributed by atoms with Crippen LogP contribution in [-0.2, 0) is 17.1 Å². The second-order valence-corrected chi connectivity index (χ2v) is 10.3. The molecule has 3 aromatic rings. The summed E-state index contributed by atoms with van der Waals surface area (Å²) in [5.74, 6) is 0.630. The molecule has 2 aliphatic rings. The molecule has 0 aliphatic carbocycles. The molecule has 0 amide bonds. The van der Waals surface area contributed by atoms with Gasteiger partial charge in [-0.05, 0) is 31.5 Å². The van der Waals surface area contributed by atoms with E-state index in [9.17, 15) is 8.42 Å². The van der Waals surface area contributed by atoms with Crippen LogP contribution in [0.3, 0.4) is 0 Å². The van der Waals surface area contributed by atoms with Crippen molar-refractivity contribution in [3.05, 3.63) is 48.0 Å². The van der Waals surface area contributed by atoms with Crippen molar-refractivity contribution in [2.45, 2.75) is 42.7 Å². The summed E-state index contributed by atoms with van der Waals surface area (Å²) in [6.45, 7) is 1.55. The number of benzene rings is 1. The lowest BCUT2D eigenvalue weighted by Crippen LogP contribution is -2.39. The molecule has 0 saturated carbocycles. The molecule has 2 aliphatic heterocycles. The number of hydrogen-bond acceptors (Lipinski definition) is 8. The van der Waals surface area contributed by atoms with E-state index < -0.39 is 10.0 Å². The number of fused-ring (bicyclic) bond motifs is 1. The highest BCUT2D eigenvalue weighted by molar-refractivity contribution is 7.93. The van der Waals surface area contributed by atoms with E-state index in [1.54, 1.807) is 12.1 Å². The topological polar surface area (TPSA) is 102 Å². The number of piperidine rings is 1. The lowest BCUT2D eigenvalue weighted by Gasteiger charge is -2.43. The van der Waals surface area contributed by atoms with Crippen LogP contribution in [-0.4, -0.2) is 45.6 Å². The van der Waals surface area contributed by atoms with Crippen LogP contribution in [0.2, 0.25) is 0 Å². The summed E-state index contributed by atoms with van der Waals surface area (Å²) >= 11 is 0.996. The van der Waals surface area contributed by atoms with Crippen LogP contribution < -0.4 is 9.46 Å². The predicted molar refractivity (Wildman–Crippen MR) is 117 cm³/mol. The molecule has 5 rings (SSSR count). The molecule has 1 fully saturated rings. The first-order chi connectivity index (χ1) is 15.0. The normalized spacial score (nSPS) is 22.0. The quantitative estimate of drug-likeness (QED) is 0.624. The molecule has 0 unspecified atom stereocenters. The Morgan fingerprint density at radius 1 is 1.19 bits per heavy atom. The maximum atomic E-state index is 12.8. The standard InChI is InChI=1S/C20H24N6O3S2/c1-25-17(7-9-22-25)18-4-2-3-10-26(18)16-8-11-29-19-12-14(5-6-15(16)19)31(27,28)24-20-21-13-23-30-20/h5-7,9,12-13,16,18H,2-4,8,10-11H2,1H3,(H,21,23,24)/t16-,18+/m0/s1. The molecule has 2 aromatic heterocycles. The number of hydrogen-bond donors (Lipinski definition) is 1. The Morgan fingerprint density at radius 3 is 2.87 bits per heavy atom. The van der Waals surface area contributed by atoms with E-state index in [2.05, 4.69) is 30.1 Å². The molecule has 0 radical (unpaired) electrons. The van der Waals surface area contributed by atoms with Crippen LogP contribution in [0.15, 0.2) is 41.7 Å². The predicted octanol–water partition coefficient (Wildman–Crippen LogP) is 3.12. The van der Waals surface area contributed by atoms with Crippen LogP contribution >= 0.6 is 11.5 Å². The molecular weight excluding hydrogens is 436 g/mol. The van der Waals surface area contributed by atoms with Crippen LogP contribution in [0.1, 0.15) is 49.0 Å². The number of anilines is 1. The average Bonchev–Trinajstić information content (AvgIpc) is 3.44. The minimum absolute atomic E-state index is 0.156. The SMILES string of the molecule is Cn1nccc1[C@H]1CCCCN1[C@H]1CCOc2cc(S(=O)(=O)Nc3ncns3)ccc21. The maximum Gasteiger partial charge on any atom is 0.263 e. The van der Waals surface area contributed by atoms with Gasteiger partial charge in [-0.2, -0.15) is 9.47 Å². The molecule has 1 saturated heterocycles. The first kappa shape index (κ1) is 20.4. The van der Waals surface area contributed by atoms with Gasteiger partial charge < -0.3 is 4.74 Å². The number of rotatable bonds is 5. The summed E-state index contributed by atoms with van der Waals surface area (Å²) in [6.07, 6.45) is 7.47. The largest absolute Gasteiger partial charge is 0.493 e. The van der Waals surface area contributed by atoms with Gasteiger partial charge in [0.1, 0.15) is 12.1 Å². The average molecular weight is 461 g/mol. The van der Waals surface area contributed by atoms with Gasteiger partial charge in [-0.3, -0.25) is 14.3 Å². The molecule has 2 atom stereocenters. The molecule has 9 nitrogen and oxygen atoms in total. The summed E-state index contributed by atoms with van der Waals surface area (Å²) in [5.41, 5.74) is 2.25. The molecule has 1 N–H and O–H groups in total. The highest BCUT2D eigenvalue weighted by Gasteiger charge is 2.35. The Kier molecular flexibility index (Phi) is 5.40. The highest BCUT2D eigenvalue weighted by Crippen LogP contribution is 2.44. The van der Waals surface area contributed by atoms with Crippen molar-refractivity contribution in [3.8, 4) is 5.75 Å². The first-order valence-electron chi connectivity index (χ1n) is 10.3. The molecular formula is C20H24N6O3S2.